The minimum absolute atomic E-state index is 0.149. The molecule has 0 aliphatic heterocycles. The number of amides is 1. The number of carbonyl (C=O) groups excluding carboxylic acids is 1. The molecule has 0 saturated carbocycles. The van der Waals surface area contributed by atoms with E-state index in [1.165, 1.54) is 25.3 Å². The van der Waals surface area contributed by atoms with E-state index >= 15 is 0 Å². The zero-order chi connectivity index (χ0) is 12.7. The van der Waals surface area contributed by atoms with Gasteiger partial charge in [0.25, 0.3) is 0 Å². The monoisotopic (exact) mass is 232 g/mol. The van der Waals surface area contributed by atoms with Gasteiger partial charge in [0.1, 0.15) is 0 Å². The third-order valence-corrected chi connectivity index (χ3v) is 2.57. The maximum atomic E-state index is 10.7. The number of hydrogen-bond acceptors (Lipinski definition) is 2. The second-order valence-electron chi connectivity index (χ2n) is 4.17. The lowest BCUT2D eigenvalue weighted by molar-refractivity contribution is -0.118. The normalized spacial score (nSPS) is 11.4. The first-order valence-corrected chi connectivity index (χ1v) is 6.03. The molecule has 1 aromatic carbocycles. The van der Waals surface area contributed by atoms with Crippen LogP contribution in [0, 0.1) is 0 Å². The van der Waals surface area contributed by atoms with E-state index in [0.717, 1.165) is 17.7 Å². The van der Waals surface area contributed by atoms with E-state index in [4.69, 9.17) is 0 Å². The average Bonchev–Trinajstić information content (AvgIpc) is 2.34. The Morgan fingerprint density at radius 3 is 2.41 bits per heavy atom. The van der Waals surface area contributed by atoms with Crippen LogP contribution in [0.3, 0.4) is 0 Å². The number of carbonyl (C=O) groups is 1. The zero-order valence-corrected chi connectivity index (χ0v) is 10.8. The molecule has 0 radical (unpaired) electrons. The summed E-state index contributed by atoms with van der Waals surface area (Å²) < 4.78 is 0. The highest BCUT2D eigenvalue weighted by molar-refractivity contribution is 5.99. The van der Waals surface area contributed by atoms with Crippen molar-refractivity contribution in [2.24, 2.45) is 5.10 Å². The van der Waals surface area contributed by atoms with Gasteiger partial charge in [0.15, 0.2) is 0 Å². The van der Waals surface area contributed by atoms with E-state index in [-0.39, 0.29) is 5.91 Å². The first kappa shape index (κ1) is 13.4. The first-order valence-electron chi connectivity index (χ1n) is 6.03. The Hall–Kier alpha value is -1.64. The summed E-state index contributed by atoms with van der Waals surface area (Å²) >= 11 is 0. The molecule has 0 aromatic heterocycles. The standard InChI is InChI=1S/C14H20N2O/c1-4-5-6-13-7-9-14(10-8-13)11(2)15-16-12(3)17/h7-10H,4-6H2,1-3H3,(H,16,17)/b15-11-. The van der Waals surface area contributed by atoms with Gasteiger partial charge in [0, 0.05) is 6.92 Å². The molecule has 0 bridgehead atoms. The number of hydrazone groups is 1. The molecule has 0 heterocycles. The van der Waals surface area contributed by atoms with Crippen LogP contribution in [0.15, 0.2) is 29.4 Å². The Morgan fingerprint density at radius 1 is 1.24 bits per heavy atom. The van der Waals surface area contributed by atoms with E-state index in [1.54, 1.807) is 0 Å². The predicted octanol–water partition coefficient (Wildman–Crippen LogP) is 2.89. The Bertz CT molecular complexity index is 393. The lowest BCUT2D eigenvalue weighted by atomic mass is 10.0. The van der Waals surface area contributed by atoms with Crippen molar-refractivity contribution in [3.8, 4) is 0 Å². The Balaban J connectivity index is 2.66. The van der Waals surface area contributed by atoms with Crippen molar-refractivity contribution in [3.63, 3.8) is 0 Å². The lowest BCUT2D eigenvalue weighted by Crippen LogP contribution is -2.14. The molecule has 1 aromatic rings. The second kappa shape index (κ2) is 6.84. The number of unbranched alkanes of at least 4 members (excludes halogenated alkanes) is 1. The van der Waals surface area contributed by atoms with Gasteiger partial charge in [0.2, 0.25) is 5.91 Å². The van der Waals surface area contributed by atoms with Crippen LogP contribution in [0.25, 0.3) is 0 Å². The van der Waals surface area contributed by atoms with Gasteiger partial charge < -0.3 is 0 Å². The molecule has 3 heteroatoms. The Kier molecular flexibility index (Phi) is 5.40. The molecule has 0 atom stereocenters. The highest BCUT2D eigenvalue weighted by Crippen LogP contribution is 2.08. The van der Waals surface area contributed by atoms with Gasteiger partial charge in [-0.3, -0.25) is 4.79 Å². The molecule has 1 rings (SSSR count). The van der Waals surface area contributed by atoms with Crippen LogP contribution < -0.4 is 5.43 Å². The van der Waals surface area contributed by atoms with Crippen LogP contribution in [-0.2, 0) is 11.2 Å². The van der Waals surface area contributed by atoms with Crippen LogP contribution in [0.4, 0.5) is 0 Å². The van der Waals surface area contributed by atoms with Crippen LogP contribution in [-0.4, -0.2) is 11.6 Å². The number of aryl methyl sites for hydroxylation is 1. The Morgan fingerprint density at radius 2 is 1.88 bits per heavy atom. The molecular weight excluding hydrogens is 212 g/mol. The summed E-state index contributed by atoms with van der Waals surface area (Å²) in [5.41, 5.74) is 5.65. The van der Waals surface area contributed by atoms with Gasteiger partial charge in [-0.05, 0) is 30.9 Å². The van der Waals surface area contributed by atoms with Crippen molar-refractivity contribution in [1.29, 1.82) is 0 Å². The van der Waals surface area contributed by atoms with Gasteiger partial charge >= 0.3 is 0 Å². The maximum Gasteiger partial charge on any atom is 0.236 e. The number of nitrogens with one attached hydrogen (secondary N) is 1. The summed E-state index contributed by atoms with van der Waals surface area (Å²) in [5.74, 6) is -0.149. The average molecular weight is 232 g/mol. The fraction of sp³-hybridized carbons (Fsp3) is 0.429. The summed E-state index contributed by atoms with van der Waals surface area (Å²) in [7, 11) is 0. The summed E-state index contributed by atoms with van der Waals surface area (Å²) in [6, 6.07) is 8.34. The maximum absolute atomic E-state index is 10.7. The van der Waals surface area contributed by atoms with Crippen molar-refractivity contribution >= 4 is 11.6 Å². The number of rotatable bonds is 5. The van der Waals surface area contributed by atoms with E-state index in [2.05, 4.69) is 29.6 Å². The summed E-state index contributed by atoms with van der Waals surface area (Å²) in [4.78, 5) is 10.7. The Labute approximate surface area is 103 Å². The van der Waals surface area contributed by atoms with Gasteiger partial charge in [-0.1, -0.05) is 37.6 Å². The van der Waals surface area contributed by atoms with Gasteiger partial charge in [-0.2, -0.15) is 5.10 Å². The van der Waals surface area contributed by atoms with Crippen molar-refractivity contribution in [2.45, 2.75) is 40.0 Å². The van der Waals surface area contributed by atoms with Crippen molar-refractivity contribution in [2.75, 3.05) is 0 Å². The summed E-state index contributed by atoms with van der Waals surface area (Å²) in [6.07, 6.45) is 3.56. The number of hydrogen-bond donors (Lipinski definition) is 1. The zero-order valence-electron chi connectivity index (χ0n) is 10.8. The molecule has 17 heavy (non-hydrogen) atoms. The fourth-order valence-electron chi connectivity index (χ4n) is 1.52. The topological polar surface area (TPSA) is 41.5 Å². The van der Waals surface area contributed by atoms with Crippen molar-refractivity contribution in [1.82, 2.24) is 5.43 Å². The minimum atomic E-state index is -0.149. The van der Waals surface area contributed by atoms with Crippen LogP contribution in [0.5, 0.6) is 0 Å². The summed E-state index contributed by atoms with van der Waals surface area (Å²) in [6.45, 7) is 5.53. The van der Waals surface area contributed by atoms with Crippen LogP contribution in [0.1, 0.15) is 44.7 Å². The third kappa shape index (κ3) is 4.81. The summed E-state index contributed by atoms with van der Waals surface area (Å²) in [5, 5.41) is 4.00. The van der Waals surface area contributed by atoms with Crippen LogP contribution in [0.2, 0.25) is 0 Å². The molecule has 0 unspecified atom stereocenters. The molecule has 1 amide bonds. The highest BCUT2D eigenvalue weighted by atomic mass is 16.2. The number of nitrogens with zero attached hydrogens (tertiary/aromatic N) is 1. The number of benzene rings is 1. The molecule has 1 N–H and O–H groups in total. The minimum Gasteiger partial charge on any atom is -0.274 e. The second-order valence-corrected chi connectivity index (χ2v) is 4.17. The highest BCUT2D eigenvalue weighted by Gasteiger charge is 1.98. The van der Waals surface area contributed by atoms with Gasteiger partial charge in [-0.25, -0.2) is 5.43 Å². The van der Waals surface area contributed by atoms with E-state index in [9.17, 15) is 4.79 Å². The molecular formula is C14H20N2O. The molecule has 92 valence electrons. The van der Waals surface area contributed by atoms with E-state index in [0.29, 0.717) is 0 Å². The molecule has 0 fully saturated rings. The lowest BCUT2D eigenvalue weighted by Gasteiger charge is -2.03. The molecule has 3 nitrogen and oxygen atoms in total. The first-order chi connectivity index (χ1) is 8.13. The van der Waals surface area contributed by atoms with Crippen molar-refractivity contribution < 1.29 is 4.79 Å². The SMILES string of the molecule is CCCCc1ccc(/C(C)=N\NC(C)=O)cc1. The van der Waals surface area contributed by atoms with Crippen LogP contribution >= 0.6 is 0 Å². The van der Waals surface area contributed by atoms with Gasteiger partial charge in [0.05, 0.1) is 5.71 Å². The van der Waals surface area contributed by atoms with Gasteiger partial charge in [-0.15, -0.1) is 0 Å². The molecule has 0 aliphatic rings. The molecule has 0 saturated heterocycles. The molecule has 0 spiro atoms. The quantitative estimate of drug-likeness (QED) is 0.615. The largest absolute Gasteiger partial charge is 0.274 e. The van der Waals surface area contributed by atoms with E-state index in [1.807, 2.05) is 19.1 Å². The smallest absolute Gasteiger partial charge is 0.236 e. The van der Waals surface area contributed by atoms with Crippen molar-refractivity contribution in [3.05, 3.63) is 35.4 Å². The molecule has 0 aliphatic carbocycles. The fourth-order valence-corrected chi connectivity index (χ4v) is 1.52. The predicted molar refractivity (Wildman–Crippen MR) is 71.1 cm³/mol. The van der Waals surface area contributed by atoms with E-state index < -0.39 is 0 Å². The third-order valence-electron chi connectivity index (χ3n) is 2.57.